The maximum absolute atomic E-state index is 9.82. The first kappa shape index (κ1) is 9.30. The SMILES string of the molecule is FI(F)F.S. The molecule has 0 nitrogen and oxygen atoms in total. The van der Waals surface area contributed by atoms with Crippen LogP contribution in [0.3, 0.4) is 0 Å². The fraction of sp³-hybridized carbons (Fsp3) is 0. The van der Waals surface area contributed by atoms with Gasteiger partial charge in [0.15, 0.2) is 0 Å². The van der Waals surface area contributed by atoms with Crippen LogP contribution in [0, 0.1) is 0 Å². The van der Waals surface area contributed by atoms with Gasteiger partial charge in [0.25, 0.3) is 0 Å². The quantitative estimate of drug-likeness (QED) is 0.547. The zero-order valence-corrected chi connectivity index (χ0v) is 5.17. The van der Waals surface area contributed by atoms with E-state index in [9.17, 15) is 8.58 Å². The summed E-state index contributed by atoms with van der Waals surface area (Å²) < 4.78 is 29.5. The molecule has 0 aliphatic carbocycles. The van der Waals surface area contributed by atoms with E-state index in [0.717, 1.165) is 0 Å². The van der Waals surface area contributed by atoms with Crippen LogP contribution >= 0.6 is 35.0 Å². The first-order valence-corrected chi connectivity index (χ1v) is 2.87. The Bertz CT molecular complexity index is 11.6. The second-order valence-electron chi connectivity index (χ2n) is 0.162. The summed E-state index contributed by atoms with van der Waals surface area (Å²) in [6, 6.07) is 0. The fourth-order valence-corrected chi connectivity index (χ4v) is 0. The maximum atomic E-state index is 9.82. The predicted molar refractivity (Wildman–Crippen MR) is 27.7 cm³/mol. The molecule has 0 saturated carbocycles. The molecular formula is H2F3IS. The summed E-state index contributed by atoms with van der Waals surface area (Å²) in [6.07, 6.45) is 0. The van der Waals surface area contributed by atoms with Crippen LogP contribution in [-0.2, 0) is 0 Å². The molecule has 5 heteroatoms. The summed E-state index contributed by atoms with van der Waals surface area (Å²) in [6.45, 7) is 0. The molecular weight excluding hydrogens is 216 g/mol. The molecule has 0 aliphatic heterocycles. The van der Waals surface area contributed by atoms with E-state index in [1.807, 2.05) is 0 Å². The van der Waals surface area contributed by atoms with Crippen molar-refractivity contribution < 1.29 is 8.58 Å². The second-order valence-corrected chi connectivity index (χ2v) is 1.09. The molecule has 0 saturated heterocycles. The number of rotatable bonds is 0. The van der Waals surface area contributed by atoms with Gasteiger partial charge in [-0.25, -0.2) is 0 Å². The van der Waals surface area contributed by atoms with Crippen LogP contribution in [0.5, 0.6) is 0 Å². The molecule has 0 fully saturated rings. The van der Waals surface area contributed by atoms with Crippen molar-refractivity contribution in [2.75, 3.05) is 0 Å². The zero-order chi connectivity index (χ0) is 3.58. The summed E-state index contributed by atoms with van der Waals surface area (Å²) in [5.41, 5.74) is 0. The normalized spacial score (nSPS) is 9.00. The predicted octanol–water partition coefficient (Wildman–Crippen LogP) is 2.26. The molecule has 0 aromatic rings. The average molecular weight is 218 g/mol. The molecule has 0 radical (unpaired) electrons. The van der Waals surface area contributed by atoms with Crippen LogP contribution in [-0.4, -0.2) is 0 Å². The van der Waals surface area contributed by atoms with Crippen molar-refractivity contribution in [3.8, 4) is 0 Å². The van der Waals surface area contributed by atoms with Gasteiger partial charge in [0.1, 0.15) is 0 Å². The molecule has 0 atom stereocenters. The molecule has 0 bridgehead atoms. The monoisotopic (exact) mass is 218 g/mol. The molecule has 0 rings (SSSR count). The van der Waals surface area contributed by atoms with Gasteiger partial charge in [-0.05, 0) is 0 Å². The van der Waals surface area contributed by atoms with Gasteiger partial charge in [-0.1, -0.05) is 0 Å². The minimum absolute atomic E-state index is 0. The van der Waals surface area contributed by atoms with Gasteiger partial charge in [0.05, 0.1) is 0 Å². The molecule has 5 heavy (non-hydrogen) atoms. The van der Waals surface area contributed by atoms with Gasteiger partial charge >= 0.3 is 30.1 Å². The van der Waals surface area contributed by atoms with E-state index in [-0.39, 0.29) is 13.5 Å². The molecule has 0 N–H and O–H groups in total. The van der Waals surface area contributed by atoms with Crippen molar-refractivity contribution in [1.29, 1.82) is 0 Å². The summed E-state index contributed by atoms with van der Waals surface area (Å²) in [5.74, 6) is 0. The Morgan fingerprint density at radius 3 is 1.00 bits per heavy atom. The standard InChI is InChI=1S/F3I.H2S/c1-4(2)3;/h;1H2. The van der Waals surface area contributed by atoms with E-state index in [1.165, 1.54) is 0 Å². The van der Waals surface area contributed by atoms with Gasteiger partial charge in [0.2, 0.25) is 0 Å². The molecule has 36 valence electrons. The Morgan fingerprint density at radius 1 is 1.00 bits per heavy atom. The van der Waals surface area contributed by atoms with Crippen molar-refractivity contribution in [1.82, 2.24) is 0 Å². The van der Waals surface area contributed by atoms with Gasteiger partial charge in [-0.2, -0.15) is 13.5 Å². The Labute approximate surface area is 43.9 Å². The topological polar surface area (TPSA) is 0 Å². The van der Waals surface area contributed by atoms with E-state index in [2.05, 4.69) is 0 Å². The van der Waals surface area contributed by atoms with Crippen molar-refractivity contribution in [3.05, 3.63) is 0 Å². The van der Waals surface area contributed by atoms with E-state index in [1.54, 1.807) is 0 Å². The van der Waals surface area contributed by atoms with Crippen molar-refractivity contribution in [2.45, 2.75) is 0 Å². The first-order valence-electron chi connectivity index (χ1n) is 0.429. The first-order chi connectivity index (χ1) is 1.73. The van der Waals surface area contributed by atoms with Crippen LogP contribution in [0.25, 0.3) is 0 Å². The maximum Gasteiger partial charge on any atom is -0.197 e. The van der Waals surface area contributed by atoms with E-state index in [4.69, 9.17) is 0 Å². The van der Waals surface area contributed by atoms with Crippen LogP contribution in [0.2, 0.25) is 0 Å². The summed E-state index contributed by atoms with van der Waals surface area (Å²) in [7, 11) is 0. The Hall–Kier alpha value is 0.870. The Balaban J connectivity index is 0. The van der Waals surface area contributed by atoms with Gasteiger partial charge in [-0.3, -0.25) is 0 Å². The van der Waals surface area contributed by atoms with E-state index >= 15 is 0 Å². The van der Waals surface area contributed by atoms with Crippen LogP contribution in [0.4, 0.5) is 8.58 Å². The molecule has 0 aromatic carbocycles. The third kappa shape index (κ3) is 53.0. The minimum atomic E-state index is -4.76. The van der Waals surface area contributed by atoms with Crippen LogP contribution < -0.4 is 0 Å². The third-order valence-corrected chi connectivity index (χ3v) is 0. The number of hydrogen-bond donors (Lipinski definition) is 0. The number of hydrogen-bond acceptors (Lipinski definition) is 0. The molecule has 0 heterocycles. The third-order valence-electron chi connectivity index (χ3n) is 0. The van der Waals surface area contributed by atoms with Crippen molar-refractivity contribution >= 4 is 35.0 Å². The Kier molecular flexibility index (Phi) is 9.05. The molecule has 0 aromatic heterocycles. The van der Waals surface area contributed by atoms with Crippen molar-refractivity contribution in [3.63, 3.8) is 0 Å². The van der Waals surface area contributed by atoms with Crippen LogP contribution in [0.15, 0.2) is 0 Å². The van der Waals surface area contributed by atoms with Gasteiger partial charge in [-0.15, -0.1) is 0 Å². The fourth-order valence-electron chi connectivity index (χ4n) is 0. The van der Waals surface area contributed by atoms with Gasteiger partial charge < -0.3 is 0 Å². The molecule has 0 spiro atoms. The molecule has 0 unspecified atom stereocenters. The van der Waals surface area contributed by atoms with E-state index < -0.39 is 21.5 Å². The Morgan fingerprint density at radius 2 is 1.00 bits per heavy atom. The smallest absolute Gasteiger partial charge is 0.197 e. The summed E-state index contributed by atoms with van der Waals surface area (Å²) in [5, 5.41) is 0. The molecule has 0 amide bonds. The van der Waals surface area contributed by atoms with Crippen molar-refractivity contribution in [2.24, 2.45) is 0 Å². The summed E-state index contributed by atoms with van der Waals surface area (Å²) in [4.78, 5) is 0. The zero-order valence-electron chi connectivity index (χ0n) is 2.01. The van der Waals surface area contributed by atoms with Gasteiger partial charge in [0, 0.05) is 0 Å². The van der Waals surface area contributed by atoms with Crippen LogP contribution in [0.1, 0.15) is 0 Å². The number of halogens is 4. The molecule has 0 aliphatic rings. The minimum Gasteiger partial charge on any atom is -0.197 e. The average Bonchev–Trinajstić information content (AvgIpc) is 0.811. The summed E-state index contributed by atoms with van der Waals surface area (Å²) >= 11 is -4.76. The van der Waals surface area contributed by atoms with E-state index in [0.29, 0.717) is 0 Å². The second kappa shape index (κ2) is 4.87. The largest absolute Gasteiger partial charge is 0.197 e.